The molecule has 0 radical (unpaired) electrons. The van der Waals surface area contributed by atoms with E-state index in [2.05, 4.69) is 20.4 Å². The van der Waals surface area contributed by atoms with E-state index in [9.17, 15) is 18.8 Å². The first-order valence-electron chi connectivity index (χ1n) is 7.34. The van der Waals surface area contributed by atoms with Crippen LogP contribution in [0.2, 0.25) is 0 Å². The van der Waals surface area contributed by atoms with Gasteiger partial charge < -0.3 is 25.0 Å². The molecule has 26 heavy (non-hydrogen) atoms. The maximum atomic E-state index is 11.9. The zero-order valence-corrected chi connectivity index (χ0v) is 15.4. The number of nitrogen functional groups attached to an aromatic ring is 1. The minimum atomic E-state index is -4.73. The van der Waals surface area contributed by atoms with Crippen molar-refractivity contribution < 1.29 is 37.2 Å². The van der Waals surface area contributed by atoms with Gasteiger partial charge in [0.25, 0.3) is 0 Å². The number of ether oxygens (including phenoxy) is 2. The summed E-state index contributed by atoms with van der Waals surface area (Å²) >= 11 is 0. The normalized spacial score (nSPS) is 26.3. The molecule has 1 saturated heterocycles. The van der Waals surface area contributed by atoms with Crippen LogP contribution < -0.4 is 11.4 Å². The Morgan fingerprint density at radius 1 is 1.62 bits per heavy atom. The number of rotatable bonds is 9. The van der Waals surface area contributed by atoms with Gasteiger partial charge in [0.05, 0.1) is 19.3 Å². The third kappa shape index (κ3) is 5.83. The molecule has 12 nitrogen and oxygen atoms in total. The van der Waals surface area contributed by atoms with Crippen LogP contribution >= 0.6 is 16.1 Å². The first-order chi connectivity index (χ1) is 12.2. The lowest BCUT2D eigenvalue weighted by atomic mass is 10.2. The van der Waals surface area contributed by atoms with Gasteiger partial charge in [-0.1, -0.05) is 6.08 Å². The topological polar surface area (TPSA) is 172 Å². The van der Waals surface area contributed by atoms with Crippen molar-refractivity contribution >= 4 is 21.9 Å². The highest BCUT2D eigenvalue weighted by atomic mass is 31.2. The van der Waals surface area contributed by atoms with E-state index >= 15 is 0 Å². The van der Waals surface area contributed by atoms with Crippen molar-refractivity contribution in [3.05, 3.63) is 35.4 Å². The molecule has 5 atom stereocenters. The van der Waals surface area contributed by atoms with E-state index in [1.807, 2.05) is 0 Å². The van der Waals surface area contributed by atoms with Crippen LogP contribution in [0.15, 0.2) is 29.7 Å². The minimum absolute atomic E-state index is 0.0566. The molecule has 1 fully saturated rings. The van der Waals surface area contributed by atoms with Gasteiger partial charge in [-0.2, -0.15) is 4.98 Å². The molecule has 1 aliphatic heterocycles. The molecule has 146 valence electrons. The Kier molecular flexibility index (Phi) is 7.27. The summed E-state index contributed by atoms with van der Waals surface area (Å²) in [5, 5.41) is 0. The smallest absolute Gasteiger partial charge is 0.383 e. The monoisotopic (exact) mass is 411 g/mol. The lowest BCUT2D eigenvalue weighted by Crippen LogP contribution is -2.29. The summed E-state index contributed by atoms with van der Waals surface area (Å²) in [4.78, 5) is 33.5. The summed E-state index contributed by atoms with van der Waals surface area (Å²) in [7, 11) is -8.40. The highest BCUT2D eigenvalue weighted by Crippen LogP contribution is 2.51. The SMILES string of the molecule is C=CCO[C@@H]1C[C@H](n2ccc(N)nc2=O)O[C@@H]1COP(=O)(O)O[PH](=O)O. The van der Waals surface area contributed by atoms with E-state index in [1.165, 1.54) is 22.9 Å². The van der Waals surface area contributed by atoms with Crippen LogP contribution in [-0.4, -0.2) is 44.8 Å². The van der Waals surface area contributed by atoms with Crippen LogP contribution in [0.5, 0.6) is 0 Å². The number of nitrogens with two attached hydrogens (primary N) is 1. The predicted molar refractivity (Wildman–Crippen MR) is 89.5 cm³/mol. The van der Waals surface area contributed by atoms with Gasteiger partial charge in [0.2, 0.25) is 0 Å². The fourth-order valence-electron chi connectivity index (χ4n) is 2.33. The maximum Gasteiger partial charge on any atom is 0.479 e. The van der Waals surface area contributed by atoms with Gasteiger partial charge in [-0.15, -0.1) is 6.58 Å². The van der Waals surface area contributed by atoms with E-state index in [4.69, 9.17) is 20.1 Å². The zero-order valence-electron chi connectivity index (χ0n) is 13.5. The van der Waals surface area contributed by atoms with Gasteiger partial charge in [-0.25, -0.2) is 13.7 Å². The largest absolute Gasteiger partial charge is 0.479 e. The Balaban J connectivity index is 2.10. The third-order valence-electron chi connectivity index (χ3n) is 3.37. The summed E-state index contributed by atoms with van der Waals surface area (Å²) in [5.41, 5.74) is 4.81. The minimum Gasteiger partial charge on any atom is -0.383 e. The van der Waals surface area contributed by atoms with Gasteiger partial charge in [-0.3, -0.25) is 13.7 Å². The highest BCUT2D eigenvalue weighted by molar-refractivity contribution is 7.55. The summed E-state index contributed by atoms with van der Waals surface area (Å²) in [6, 6.07) is 1.42. The fourth-order valence-corrected chi connectivity index (χ4v) is 3.66. The second-order valence-electron chi connectivity index (χ2n) is 5.19. The molecule has 2 unspecified atom stereocenters. The molecule has 0 aliphatic carbocycles. The van der Waals surface area contributed by atoms with Crippen LogP contribution in [0.1, 0.15) is 12.6 Å². The van der Waals surface area contributed by atoms with Crippen molar-refractivity contribution in [2.45, 2.75) is 24.9 Å². The molecule has 0 spiro atoms. The van der Waals surface area contributed by atoms with Crippen LogP contribution in [0.4, 0.5) is 5.82 Å². The summed E-state index contributed by atoms with van der Waals surface area (Å²) in [6.45, 7) is 3.22. The zero-order chi connectivity index (χ0) is 19.3. The van der Waals surface area contributed by atoms with Crippen LogP contribution in [0, 0.1) is 0 Å². The van der Waals surface area contributed by atoms with E-state index in [-0.39, 0.29) is 18.8 Å². The van der Waals surface area contributed by atoms with Crippen molar-refractivity contribution in [3.8, 4) is 0 Å². The van der Waals surface area contributed by atoms with Crippen molar-refractivity contribution in [2.24, 2.45) is 0 Å². The van der Waals surface area contributed by atoms with Crippen LogP contribution in [0.3, 0.4) is 0 Å². The average molecular weight is 411 g/mol. The Morgan fingerprint density at radius 3 is 2.96 bits per heavy atom. The lowest BCUT2D eigenvalue weighted by molar-refractivity contribution is -0.0568. The first kappa shape index (κ1) is 20.9. The Labute approximate surface area is 148 Å². The molecule has 14 heteroatoms. The van der Waals surface area contributed by atoms with Crippen molar-refractivity contribution in [2.75, 3.05) is 18.9 Å². The van der Waals surface area contributed by atoms with Gasteiger partial charge >= 0.3 is 21.8 Å². The van der Waals surface area contributed by atoms with Gasteiger partial charge in [0, 0.05) is 12.6 Å². The number of anilines is 1. The summed E-state index contributed by atoms with van der Waals surface area (Å²) in [6.07, 6.45) is 0.903. The first-order valence-corrected chi connectivity index (χ1v) is 10.1. The van der Waals surface area contributed by atoms with Crippen molar-refractivity contribution in [3.63, 3.8) is 0 Å². The number of phosphoric acid groups is 1. The van der Waals surface area contributed by atoms with Crippen molar-refractivity contribution in [1.29, 1.82) is 0 Å². The highest BCUT2D eigenvalue weighted by Gasteiger charge is 2.39. The molecule has 1 aliphatic rings. The van der Waals surface area contributed by atoms with Gasteiger partial charge in [0.15, 0.2) is 0 Å². The number of phosphoric ester groups is 1. The molecular weight excluding hydrogens is 392 g/mol. The van der Waals surface area contributed by atoms with Crippen LogP contribution in [0.25, 0.3) is 0 Å². The molecule has 1 aromatic heterocycles. The summed E-state index contributed by atoms with van der Waals surface area (Å²) < 4.78 is 43.1. The standard InChI is InChI=1S/C12H19N3O9P2/c1-2-5-21-8-6-11(15-4-3-10(13)14-12(15)16)23-9(8)7-22-26(19,20)24-25(17)18/h2-4,8-9,11,25H,1,5-7H2,(H,17,18)(H,19,20)(H2,13,14,16)/t8-,9-,11-/m1/s1. The second-order valence-corrected chi connectivity index (χ2v) is 7.65. The molecule has 2 rings (SSSR count). The molecular formula is C12H19N3O9P2. The third-order valence-corrected chi connectivity index (χ3v) is 5.39. The molecule has 1 aromatic rings. The van der Waals surface area contributed by atoms with E-state index in [1.54, 1.807) is 0 Å². The molecule has 4 N–H and O–H groups in total. The second kappa shape index (κ2) is 9.03. The Hall–Kier alpha value is -1.36. The molecule has 0 amide bonds. The Morgan fingerprint density at radius 2 is 2.35 bits per heavy atom. The Bertz CT molecular complexity index is 771. The van der Waals surface area contributed by atoms with E-state index < -0.39 is 46.8 Å². The molecule has 2 heterocycles. The average Bonchev–Trinajstić information content (AvgIpc) is 2.92. The van der Waals surface area contributed by atoms with E-state index in [0.29, 0.717) is 0 Å². The van der Waals surface area contributed by atoms with Gasteiger partial charge in [0.1, 0.15) is 18.1 Å². The fraction of sp³-hybridized carbons (Fsp3) is 0.500. The van der Waals surface area contributed by atoms with E-state index in [0.717, 1.165) is 0 Å². The number of aromatic nitrogens is 2. The van der Waals surface area contributed by atoms with Gasteiger partial charge in [-0.05, 0) is 6.07 Å². The number of hydrogen-bond acceptors (Lipinski definition) is 9. The summed E-state index contributed by atoms with van der Waals surface area (Å²) in [5.74, 6) is 0.0566. The molecule has 0 aromatic carbocycles. The lowest BCUT2D eigenvalue weighted by Gasteiger charge is -2.19. The molecule has 0 saturated carbocycles. The van der Waals surface area contributed by atoms with Crippen molar-refractivity contribution in [1.82, 2.24) is 9.55 Å². The quantitative estimate of drug-likeness (QED) is 0.374. The van der Waals surface area contributed by atoms with Crippen LogP contribution in [-0.2, 0) is 27.4 Å². The molecule has 0 bridgehead atoms. The number of nitrogens with zero attached hydrogens (tertiary/aromatic N) is 2. The maximum absolute atomic E-state index is 11.9. The number of hydrogen-bond donors (Lipinski definition) is 3. The predicted octanol–water partition coefficient (Wildman–Crippen LogP) is 0.200.